The van der Waals surface area contributed by atoms with E-state index in [-0.39, 0.29) is 0 Å². The van der Waals surface area contributed by atoms with Gasteiger partial charge in [-0.2, -0.15) is 0 Å². The summed E-state index contributed by atoms with van der Waals surface area (Å²) < 4.78 is 0. The number of hydroxylamine groups is 1. The predicted octanol–water partition coefficient (Wildman–Crippen LogP) is 8.35. The zero-order chi connectivity index (χ0) is 24.2. The Morgan fingerprint density at radius 1 is 1.09 bits per heavy atom. The van der Waals surface area contributed by atoms with Crippen molar-refractivity contribution < 1.29 is 4.84 Å². The highest BCUT2D eigenvalue weighted by molar-refractivity contribution is 5.34. The minimum absolute atomic E-state index is 0.311. The molecule has 0 saturated heterocycles. The Bertz CT molecular complexity index is 786. The van der Waals surface area contributed by atoms with Crippen LogP contribution in [0, 0.1) is 51.2 Å². The van der Waals surface area contributed by atoms with Crippen LogP contribution in [0.25, 0.3) is 0 Å². The first-order valence-electron chi connectivity index (χ1n) is 14.1. The van der Waals surface area contributed by atoms with Crippen LogP contribution in [0.15, 0.2) is 23.8 Å². The van der Waals surface area contributed by atoms with E-state index in [4.69, 9.17) is 4.84 Å². The first kappa shape index (κ1) is 25.5. The largest absolute Gasteiger partial charge is 0.305 e. The van der Waals surface area contributed by atoms with Crippen LogP contribution in [0.2, 0.25) is 0 Å². The van der Waals surface area contributed by atoms with Crippen molar-refractivity contribution in [3.05, 3.63) is 23.8 Å². The molecule has 4 aliphatic rings. The molecule has 0 aromatic carbocycles. The molecular weight excluding hydrogens is 402 g/mol. The van der Waals surface area contributed by atoms with Gasteiger partial charge in [-0.1, -0.05) is 65.3 Å². The molecule has 0 aliphatic heterocycles. The summed E-state index contributed by atoms with van der Waals surface area (Å²) in [5, 5.41) is 0. The Morgan fingerprint density at radius 2 is 1.82 bits per heavy atom. The van der Waals surface area contributed by atoms with Crippen LogP contribution in [0.3, 0.4) is 0 Å². The summed E-state index contributed by atoms with van der Waals surface area (Å²) in [6, 6.07) is 0. The Hall–Kier alpha value is -0.600. The van der Waals surface area contributed by atoms with E-state index in [0.29, 0.717) is 27.6 Å². The highest BCUT2D eigenvalue weighted by Gasteiger charge is 2.65. The van der Waals surface area contributed by atoms with Gasteiger partial charge in [-0.15, -0.1) is 0 Å². The van der Waals surface area contributed by atoms with Crippen molar-refractivity contribution in [2.24, 2.45) is 51.2 Å². The van der Waals surface area contributed by atoms with Gasteiger partial charge in [0, 0.05) is 6.54 Å². The van der Waals surface area contributed by atoms with Crippen LogP contribution in [0.4, 0.5) is 0 Å². The third kappa shape index (κ3) is 3.72. The van der Waals surface area contributed by atoms with Gasteiger partial charge < -0.3 is 4.84 Å². The first-order chi connectivity index (χ1) is 15.4. The van der Waals surface area contributed by atoms with Crippen molar-refractivity contribution in [3.8, 4) is 0 Å². The van der Waals surface area contributed by atoms with Gasteiger partial charge >= 0.3 is 0 Å². The highest BCUT2D eigenvalue weighted by atomic mass is 16.6. The van der Waals surface area contributed by atoms with Crippen molar-refractivity contribution in [1.82, 2.24) is 5.48 Å². The number of hydrogen-bond acceptors (Lipinski definition) is 2. The molecule has 0 aromatic rings. The standard InChI is InChI=1S/C31H53NO/c1-21(2)24-14-17-31(8)26(29(24,6)15-10-20-32-33-9)12-11-25-27-23(4)22(3)13-16-28(27,5)18-19-30(25,31)7/h11,22-24,26-27,32H,1,10,12-20H2,2-9H3/t22-,23+,24+,26-,27+,28-,29+,30-,31-/m1/s1. The summed E-state index contributed by atoms with van der Waals surface area (Å²) in [6.45, 7) is 23.5. The zero-order valence-electron chi connectivity index (χ0n) is 23.2. The third-order valence-electron chi connectivity index (χ3n) is 12.4. The molecule has 33 heavy (non-hydrogen) atoms. The van der Waals surface area contributed by atoms with Crippen LogP contribution >= 0.6 is 0 Å². The van der Waals surface area contributed by atoms with Crippen molar-refractivity contribution in [3.63, 3.8) is 0 Å². The van der Waals surface area contributed by atoms with Gasteiger partial charge in [0.25, 0.3) is 0 Å². The molecule has 4 rings (SSSR count). The molecule has 0 spiro atoms. The number of hydrogen-bond donors (Lipinski definition) is 1. The quantitative estimate of drug-likeness (QED) is 0.247. The molecule has 0 bridgehead atoms. The van der Waals surface area contributed by atoms with Crippen LogP contribution in [-0.2, 0) is 4.84 Å². The van der Waals surface area contributed by atoms with E-state index in [1.54, 1.807) is 7.11 Å². The minimum Gasteiger partial charge on any atom is -0.305 e. The molecular formula is C31H53NO. The Labute approximate surface area is 205 Å². The molecule has 188 valence electrons. The summed E-state index contributed by atoms with van der Waals surface area (Å²) >= 11 is 0. The number of allylic oxidation sites excluding steroid dienone is 3. The number of fused-ring (bicyclic) bond motifs is 5. The number of rotatable bonds is 6. The maximum Gasteiger partial charge on any atom is 0.0572 e. The van der Waals surface area contributed by atoms with E-state index in [2.05, 4.69) is 66.6 Å². The highest BCUT2D eigenvalue weighted by Crippen LogP contribution is 2.74. The zero-order valence-corrected chi connectivity index (χ0v) is 23.2. The number of nitrogens with one attached hydrogen (secondary N) is 1. The van der Waals surface area contributed by atoms with E-state index < -0.39 is 0 Å². The van der Waals surface area contributed by atoms with E-state index >= 15 is 0 Å². The van der Waals surface area contributed by atoms with Crippen LogP contribution in [0.5, 0.6) is 0 Å². The summed E-state index contributed by atoms with van der Waals surface area (Å²) in [7, 11) is 1.73. The molecule has 4 aliphatic carbocycles. The lowest BCUT2D eigenvalue weighted by Crippen LogP contribution is -2.61. The molecule has 2 heteroatoms. The second-order valence-electron chi connectivity index (χ2n) is 13.8. The molecule has 0 radical (unpaired) electrons. The second kappa shape index (κ2) is 8.81. The van der Waals surface area contributed by atoms with Crippen molar-refractivity contribution in [2.75, 3.05) is 13.7 Å². The maximum absolute atomic E-state index is 5.15. The van der Waals surface area contributed by atoms with Gasteiger partial charge in [-0.3, -0.25) is 0 Å². The molecule has 0 aromatic heterocycles. The van der Waals surface area contributed by atoms with Crippen molar-refractivity contribution >= 4 is 0 Å². The maximum atomic E-state index is 5.15. The minimum atomic E-state index is 0.311. The molecule has 0 heterocycles. The van der Waals surface area contributed by atoms with Crippen LogP contribution in [0.1, 0.15) is 106 Å². The van der Waals surface area contributed by atoms with E-state index in [1.807, 2.05) is 5.57 Å². The normalized spacial score (nSPS) is 49.5. The summed E-state index contributed by atoms with van der Waals surface area (Å²) in [5.41, 5.74) is 7.94. The summed E-state index contributed by atoms with van der Waals surface area (Å²) in [4.78, 5) is 5.15. The molecule has 0 amide bonds. The SMILES string of the molecule is C=C(C)[C@@H]1CC[C@]2(C)[C@H](CC=C3[C@@H]4[C@@H](C)[C@H](C)CC[C@]4(C)CC[C@]32C)[C@@]1(C)CCCNOC. The summed E-state index contributed by atoms with van der Waals surface area (Å²) in [5.74, 6) is 3.83. The van der Waals surface area contributed by atoms with E-state index in [9.17, 15) is 0 Å². The monoisotopic (exact) mass is 455 g/mol. The molecule has 0 unspecified atom stereocenters. The topological polar surface area (TPSA) is 21.3 Å². The first-order valence-corrected chi connectivity index (χ1v) is 14.1. The lowest BCUT2D eigenvalue weighted by molar-refractivity contribution is -0.143. The lowest BCUT2D eigenvalue weighted by atomic mass is 9.35. The van der Waals surface area contributed by atoms with E-state index in [1.165, 1.54) is 63.4 Å². The average Bonchev–Trinajstić information content (AvgIpc) is 2.75. The van der Waals surface area contributed by atoms with Gasteiger partial charge in [0.15, 0.2) is 0 Å². The van der Waals surface area contributed by atoms with Crippen LogP contribution < -0.4 is 5.48 Å². The molecule has 2 nitrogen and oxygen atoms in total. The lowest BCUT2D eigenvalue weighted by Gasteiger charge is -2.69. The molecule has 9 atom stereocenters. The average molecular weight is 456 g/mol. The fourth-order valence-corrected chi connectivity index (χ4v) is 10.0. The van der Waals surface area contributed by atoms with Crippen molar-refractivity contribution in [2.45, 2.75) is 106 Å². The van der Waals surface area contributed by atoms with Crippen molar-refractivity contribution in [1.29, 1.82) is 0 Å². The summed E-state index contributed by atoms with van der Waals surface area (Å²) in [6.07, 6.45) is 14.8. The Balaban J connectivity index is 1.74. The van der Waals surface area contributed by atoms with E-state index in [0.717, 1.165) is 30.2 Å². The Kier molecular flexibility index (Phi) is 6.80. The van der Waals surface area contributed by atoms with Crippen LogP contribution in [-0.4, -0.2) is 13.7 Å². The van der Waals surface area contributed by atoms with Gasteiger partial charge in [-0.25, -0.2) is 5.48 Å². The fraction of sp³-hybridized carbons (Fsp3) is 0.871. The smallest absolute Gasteiger partial charge is 0.0572 e. The molecule has 3 saturated carbocycles. The van der Waals surface area contributed by atoms with Gasteiger partial charge in [-0.05, 0) is 116 Å². The second-order valence-corrected chi connectivity index (χ2v) is 13.8. The van der Waals surface area contributed by atoms with Gasteiger partial charge in [0.05, 0.1) is 7.11 Å². The van der Waals surface area contributed by atoms with Gasteiger partial charge in [0.1, 0.15) is 0 Å². The van der Waals surface area contributed by atoms with Gasteiger partial charge in [0.2, 0.25) is 0 Å². The molecule has 3 fully saturated rings. The molecule has 1 N–H and O–H groups in total. The third-order valence-corrected chi connectivity index (χ3v) is 12.4. The Morgan fingerprint density at radius 3 is 2.48 bits per heavy atom. The fourth-order valence-electron chi connectivity index (χ4n) is 10.0. The predicted molar refractivity (Wildman–Crippen MR) is 141 cm³/mol.